The molecule has 0 aliphatic heterocycles. The first-order chi connectivity index (χ1) is 9.13. The van der Waals surface area contributed by atoms with E-state index in [2.05, 4.69) is 9.97 Å². The Kier molecular flexibility index (Phi) is 2.59. The Morgan fingerprint density at radius 1 is 1.16 bits per heavy atom. The van der Waals surface area contributed by atoms with Crippen molar-refractivity contribution in [3.63, 3.8) is 0 Å². The first-order valence-corrected chi connectivity index (χ1v) is 5.99. The summed E-state index contributed by atoms with van der Waals surface area (Å²) < 4.78 is 2.04. The van der Waals surface area contributed by atoms with Gasteiger partial charge in [0.05, 0.1) is 0 Å². The first-order valence-electron chi connectivity index (χ1n) is 5.99. The molecule has 0 aliphatic carbocycles. The van der Waals surface area contributed by atoms with Crippen LogP contribution in [0.15, 0.2) is 46.1 Å². The molecule has 0 aliphatic rings. The molecule has 2 N–H and O–H groups in total. The molecular formula is C14H13N3O2. The lowest BCUT2D eigenvalue weighted by atomic mass is 10.1. The van der Waals surface area contributed by atoms with Gasteiger partial charge in [-0.1, -0.05) is 18.2 Å². The van der Waals surface area contributed by atoms with E-state index in [9.17, 15) is 9.59 Å². The molecule has 3 rings (SSSR count). The quantitative estimate of drug-likeness (QED) is 0.721. The zero-order valence-electron chi connectivity index (χ0n) is 10.4. The molecule has 0 amide bonds. The zero-order valence-corrected chi connectivity index (χ0v) is 10.4. The van der Waals surface area contributed by atoms with Crippen molar-refractivity contribution in [2.24, 2.45) is 7.05 Å². The SMILES string of the molecule is Cn1cc(Cc2cc(=O)[nH]c(=O)[nH]2)c2ccccc21. The van der Waals surface area contributed by atoms with E-state index >= 15 is 0 Å². The number of H-pyrrole nitrogens is 2. The second-order valence-electron chi connectivity index (χ2n) is 4.57. The smallest absolute Gasteiger partial charge is 0.325 e. The van der Waals surface area contributed by atoms with E-state index in [1.165, 1.54) is 6.07 Å². The Hall–Kier alpha value is -2.56. The maximum Gasteiger partial charge on any atom is 0.325 e. The lowest BCUT2D eigenvalue weighted by Crippen LogP contribution is -2.22. The molecule has 0 spiro atoms. The topological polar surface area (TPSA) is 70.7 Å². The van der Waals surface area contributed by atoms with Crippen molar-refractivity contribution in [1.82, 2.24) is 14.5 Å². The van der Waals surface area contributed by atoms with Crippen LogP contribution in [0, 0.1) is 0 Å². The number of aromatic amines is 2. The van der Waals surface area contributed by atoms with Gasteiger partial charge in [0.1, 0.15) is 0 Å². The molecule has 96 valence electrons. The third kappa shape index (κ3) is 2.10. The van der Waals surface area contributed by atoms with Gasteiger partial charge in [-0.05, 0) is 11.6 Å². The average molecular weight is 255 g/mol. The Morgan fingerprint density at radius 2 is 1.95 bits per heavy atom. The largest absolute Gasteiger partial charge is 0.350 e. The fourth-order valence-electron chi connectivity index (χ4n) is 2.39. The molecule has 5 nitrogen and oxygen atoms in total. The normalized spacial score (nSPS) is 11.0. The molecule has 0 unspecified atom stereocenters. The van der Waals surface area contributed by atoms with Crippen LogP contribution in [0.5, 0.6) is 0 Å². The van der Waals surface area contributed by atoms with Gasteiger partial charge in [-0.25, -0.2) is 4.79 Å². The number of nitrogens with one attached hydrogen (secondary N) is 2. The number of fused-ring (bicyclic) bond motifs is 1. The number of benzene rings is 1. The highest BCUT2D eigenvalue weighted by atomic mass is 16.2. The molecule has 0 atom stereocenters. The summed E-state index contributed by atoms with van der Waals surface area (Å²) in [5.41, 5.74) is 1.98. The van der Waals surface area contributed by atoms with E-state index < -0.39 is 5.69 Å². The van der Waals surface area contributed by atoms with E-state index in [1.807, 2.05) is 42.1 Å². The number of hydrogen-bond acceptors (Lipinski definition) is 2. The molecule has 2 heterocycles. The van der Waals surface area contributed by atoms with Gasteiger partial charge < -0.3 is 9.55 Å². The van der Waals surface area contributed by atoms with Crippen LogP contribution in [0.1, 0.15) is 11.3 Å². The summed E-state index contributed by atoms with van der Waals surface area (Å²) in [7, 11) is 1.98. The summed E-state index contributed by atoms with van der Waals surface area (Å²) in [5, 5.41) is 1.13. The van der Waals surface area contributed by atoms with Crippen LogP contribution < -0.4 is 11.2 Å². The number of rotatable bonds is 2. The molecule has 0 saturated carbocycles. The van der Waals surface area contributed by atoms with Crippen LogP contribution in [0.2, 0.25) is 0 Å². The predicted octanol–water partition coefficient (Wildman–Crippen LogP) is 1.15. The van der Waals surface area contributed by atoms with Crippen molar-refractivity contribution in [3.05, 3.63) is 68.6 Å². The number of nitrogens with zero attached hydrogens (tertiary/aromatic N) is 1. The monoisotopic (exact) mass is 255 g/mol. The zero-order chi connectivity index (χ0) is 13.4. The third-order valence-electron chi connectivity index (χ3n) is 3.18. The molecule has 0 saturated heterocycles. The minimum atomic E-state index is -0.470. The van der Waals surface area contributed by atoms with Crippen molar-refractivity contribution >= 4 is 10.9 Å². The predicted molar refractivity (Wildman–Crippen MR) is 73.4 cm³/mol. The van der Waals surface area contributed by atoms with Gasteiger partial charge in [-0.15, -0.1) is 0 Å². The summed E-state index contributed by atoms with van der Waals surface area (Å²) >= 11 is 0. The number of hydrogen-bond donors (Lipinski definition) is 2. The second kappa shape index (κ2) is 4.28. The van der Waals surface area contributed by atoms with Gasteiger partial charge in [0.25, 0.3) is 5.56 Å². The third-order valence-corrected chi connectivity index (χ3v) is 3.18. The molecule has 1 aromatic carbocycles. The number of aryl methyl sites for hydroxylation is 1. The lowest BCUT2D eigenvalue weighted by Gasteiger charge is -1.99. The molecule has 0 fully saturated rings. The van der Waals surface area contributed by atoms with Crippen LogP contribution in [0.3, 0.4) is 0 Å². The van der Waals surface area contributed by atoms with Gasteiger partial charge in [-0.2, -0.15) is 0 Å². The minimum Gasteiger partial charge on any atom is -0.350 e. The highest BCUT2D eigenvalue weighted by Gasteiger charge is 2.07. The Bertz CT molecular complexity index is 826. The molecule has 3 aromatic rings. The first kappa shape index (κ1) is 11.5. The summed E-state index contributed by atoms with van der Waals surface area (Å²) in [6.45, 7) is 0. The molecule has 0 radical (unpaired) electrons. The minimum absolute atomic E-state index is 0.376. The van der Waals surface area contributed by atoms with Gasteiger partial charge in [0, 0.05) is 42.3 Å². The van der Waals surface area contributed by atoms with E-state index in [-0.39, 0.29) is 5.56 Å². The van der Waals surface area contributed by atoms with Gasteiger partial charge >= 0.3 is 5.69 Å². The van der Waals surface area contributed by atoms with Crippen LogP contribution >= 0.6 is 0 Å². The molecular weight excluding hydrogens is 242 g/mol. The fourth-order valence-corrected chi connectivity index (χ4v) is 2.39. The van der Waals surface area contributed by atoms with Crippen LogP contribution in [-0.2, 0) is 13.5 Å². The summed E-state index contributed by atoms with van der Waals surface area (Å²) in [5.74, 6) is 0. The van der Waals surface area contributed by atoms with Crippen LogP contribution in [-0.4, -0.2) is 14.5 Å². The molecule has 2 aromatic heterocycles. The van der Waals surface area contributed by atoms with Crippen molar-refractivity contribution in [2.45, 2.75) is 6.42 Å². The number of para-hydroxylation sites is 1. The van der Waals surface area contributed by atoms with E-state index in [0.717, 1.165) is 16.5 Å². The second-order valence-corrected chi connectivity index (χ2v) is 4.57. The fraction of sp³-hybridized carbons (Fsp3) is 0.143. The van der Waals surface area contributed by atoms with Crippen LogP contribution in [0.25, 0.3) is 10.9 Å². The van der Waals surface area contributed by atoms with E-state index in [1.54, 1.807) is 0 Å². The van der Waals surface area contributed by atoms with Crippen molar-refractivity contribution < 1.29 is 0 Å². The Morgan fingerprint density at radius 3 is 2.74 bits per heavy atom. The number of aromatic nitrogens is 3. The standard InChI is InChI=1S/C14H13N3O2/c1-17-8-9(11-4-2-3-5-12(11)17)6-10-7-13(18)16-14(19)15-10/h2-5,7-8H,6H2,1H3,(H2,15,16,18,19). The van der Waals surface area contributed by atoms with Gasteiger partial charge in [0.2, 0.25) is 0 Å². The Labute approximate surface area is 108 Å². The van der Waals surface area contributed by atoms with Crippen LogP contribution in [0.4, 0.5) is 0 Å². The van der Waals surface area contributed by atoms with Gasteiger partial charge in [-0.3, -0.25) is 9.78 Å². The van der Waals surface area contributed by atoms with Crippen molar-refractivity contribution in [1.29, 1.82) is 0 Å². The molecule has 5 heteroatoms. The summed E-state index contributed by atoms with van der Waals surface area (Å²) in [4.78, 5) is 27.4. The molecule has 0 bridgehead atoms. The maximum absolute atomic E-state index is 11.3. The highest BCUT2D eigenvalue weighted by Crippen LogP contribution is 2.21. The highest BCUT2D eigenvalue weighted by molar-refractivity contribution is 5.84. The summed E-state index contributed by atoms with van der Waals surface area (Å²) in [6.07, 6.45) is 2.55. The van der Waals surface area contributed by atoms with Crippen molar-refractivity contribution in [3.8, 4) is 0 Å². The lowest BCUT2D eigenvalue weighted by molar-refractivity contribution is 0.933. The van der Waals surface area contributed by atoms with Gasteiger partial charge in [0.15, 0.2) is 0 Å². The Balaban J connectivity index is 2.11. The molecule has 19 heavy (non-hydrogen) atoms. The van der Waals surface area contributed by atoms with E-state index in [0.29, 0.717) is 12.1 Å². The van der Waals surface area contributed by atoms with E-state index in [4.69, 9.17) is 0 Å². The van der Waals surface area contributed by atoms with Crippen molar-refractivity contribution in [2.75, 3.05) is 0 Å². The average Bonchev–Trinajstić information content (AvgIpc) is 2.66. The summed E-state index contributed by atoms with van der Waals surface area (Å²) in [6, 6.07) is 9.46. The maximum atomic E-state index is 11.3.